The van der Waals surface area contributed by atoms with Gasteiger partial charge in [0.1, 0.15) is 0 Å². The Kier molecular flexibility index (Phi) is 4.65. The summed E-state index contributed by atoms with van der Waals surface area (Å²) in [6.07, 6.45) is 7.23. The van der Waals surface area contributed by atoms with E-state index in [-0.39, 0.29) is 6.61 Å². The van der Waals surface area contributed by atoms with Crippen LogP contribution >= 0.6 is 0 Å². The Balaban J connectivity index is 1.87. The van der Waals surface area contributed by atoms with E-state index in [9.17, 15) is 0 Å². The lowest BCUT2D eigenvalue weighted by molar-refractivity contribution is 0.279. The Morgan fingerprint density at radius 3 is 2.64 bits per heavy atom. The van der Waals surface area contributed by atoms with Crippen molar-refractivity contribution in [2.75, 3.05) is 6.61 Å². The minimum atomic E-state index is 0.192. The Morgan fingerprint density at radius 1 is 1.05 bits per heavy atom. The molecule has 0 unspecified atom stereocenters. The minimum absolute atomic E-state index is 0.192. The third-order valence-corrected chi connectivity index (χ3v) is 3.69. The van der Waals surface area contributed by atoms with Gasteiger partial charge in [0.05, 0.1) is 12.0 Å². The molecule has 5 nitrogen and oxygen atoms in total. The van der Waals surface area contributed by atoms with Crippen LogP contribution in [-0.4, -0.2) is 31.0 Å². The maximum Gasteiger partial charge on any atom is 0.0956 e. The molecular formula is C17H20N4O. The van der Waals surface area contributed by atoms with Gasteiger partial charge >= 0.3 is 0 Å². The van der Waals surface area contributed by atoms with Crippen molar-refractivity contribution < 1.29 is 5.11 Å². The summed E-state index contributed by atoms with van der Waals surface area (Å²) in [7, 11) is 0. The summed E-state index contributed by atoms with van der Waals surface area (Å²) >= 11 is 0. The molecule has 0 spiro atoms. The van der Waals surface area contributed by atoms with E-state index in [1.165, 1.54) is 5.69 Å². The van der Waals surface area contributed by atoms with Crippen LogP contribution in [0.25, 0.3) is 11.3 Å². The summed E-state index contributed by atoms with van der Waals surface area (Å²) < 4.78 is 4.07. The fraction of sp³-hybridized carbons (Fsp3) is 0.294. The van der Waals surface area contributed by atoms with Gasteiger partial charge < -0.3 is 9.67 Å². The second-order valence-corrected chi connectivity index (χ2v) is 5.20. The van der Waals surface area contributed by atoms with Crippen LogP contribution in [-0.2, 0) is 19.5 Å². The zero-order chi connectivity index (χ0) is 15.2. The highest BCUT2D eigenvalue weighted by molar-refractivity contribution is 5.61. The lowest BCUT2D eigenvalue weighted by Crippen LogP contribution is -2.09. The van der Waals surface area contributed by atoms with Gasteiger partial charge in [-0.1, -0.05) is 30.3 Å². The maximum absolute atomic E-state index is 9.07. The zero-order valence-corrected chi connectivity index (χ0v) is 12.5. The van der Waals surface area contributed by atoms with Crippen LogP contribution in [0.15, 0.2) is 55.1 Å². The molecule has 0 atom stereocenters. The third-order valence-electron chi connectivity index (χ3n) is 3.69. The van der Waals surface area contributed by atoms with E-state index in [0.29, 0.717) is 0 Å². The van der Waals surface area contributed by atoms with Crippen molar-refractivity contribution in [3.8, 4) is 11.3 Å². The zero-order valence-electron chi connectivity index (χ0n) is 12.5. The summed E-state index contributed by atoms with van der Waals surface area (Å²) in [6, 6.07) is 12.2. The average Bonchev–Trinajstić information content (AvgIpc) is 3.21. The summed E-state index contributed by atoms with van der Waals surface area (Å²) in [4.78, 5) is 4.59. The van der Waals surface area contributed by atoms with Crippen molar-refractivity contribution in [2.45, 2.75) is 25.9 Å². The van der Waals surface area contributed by atoms with E-state index in [2.05, 4.69) is 26.8 Å². The molecule has 0 aliphatic carbocycles. The van der Waals surface area contributed by atoms with E-state index in [0.717, 1.165) is 37.2 Å². The van der Waals surface area contributed by atoms with Gasteiger partial charge in [0.15, 0.2) is 0 Å². The Labute approximate surface area is 129 Å². The van der Waals surface area contributed by atoms with Crippen LogP contribution in [0.4, 0.5) is 0 Å². The number of imidazole rings is 1. The van der Waals surface area contributed by atoms with Gasteiger partial charge in [0, 0.05) is 49.8 Å². The van der Waals surface area contributed by atoms with Crippen LogP contribution in [0.2, 0.25) is 0 Å². The first kappa shape index (κ1) is 14.5. The second-order valence-electron chi connectivity index (χ2n) is 5.20. The van der Waals surface area contributed by atoms with Crippen molar-refractivity contribution in [2.24, 2.45) is 0 Å². The first-order chi connectivity index (χ1) is 10.9. The second kappa shape index (κ2) is 7.04. The first-order valence-corrected chi connectivity index (χ1v) is 7.56. The van der Waals surface area contributed by atoms with Crippen LogP contribution in [0.1, 0.15) is 12.1 Å². The van der Waals surface area contributed by atoms with Crippen LogP contribution in [0.3, 0.4) is 0 Å². The van der Waals surface area contributed by atoms with Crippen LogP contribution < -0.4 is 0 Å². The molecule has 0 amide bonds. The largest absolute Gasteiger partial charge is 0.396 e. The third kappa shape index (κ3) is 3.26. The molecule has 2 heterocycles. The molecule has 2 aromatic heterocycles. The predicted molar refractivity (Wildman–Crippen MR) is 85.3 cm³/mol. The van der Waals surface area contributed by atoms with Gasteiger partial charge in [0.2, 0.25) is 0 Å². The Bertz CT molecular complexity index is 689. The molecule has 0 aliphatic rings. The number of rotatable bonds is 7. The molecule has 0 bridgehead atoms. The molecule has 0 saturated heterocycles. The highest BCUT2D eigenvalue weighted by Crippen LogP contribution is 2.23. The van der Waals surface area contributed by atoms with Crippen molar-refractivity contribution in [3.05, 3.63) is 60.8 Å². The highest BCUT2D eigenvalue weighted by Gasteiger charge is 2.12. The molecule has 0 saturated carbocycles. The number of aryl methyl sites for hydroxylation is 2. The molecule has 22 heavy (non-hydrogen) atoms. The molecule has 1 aromatic carbocycles. The van der Waals surface area contributed by atoms with E-state index >= 15 is 0 Å². The molecule has 114 valence electrons. The fourth-order valence-electron chi connectivity index (χ4n) is 2.59. The molecule has 0 radical (unpaired) electrons. The van der Waals surface area contributed by atoms with E-state index in [1.54, 1.807) is 6.20 Å². The Morgan fingerprint density at radius 2 is 1.91 bits per heavy atom. The fourth-order valence-corrected chi connectivity index (χ4v) is 2.59. The van der Waals surface area contributed by atoms with Gasteiger partial charge in [-0.15, -0.1) is 0 Å². The molecule has 1 N–H and O–H groups in total. The number of aromatic nitrogens is 4. The van der Waals surface area contributed by atoms with Gasteiger partial charge in [-0.25, -0.2) is 4.98 Å². The smallest absolute Gasteiger partial charge is 0.0956 e. The molecule has 0 aliphatic heterocycles. The SMILES string of the molecule is OCCCn1cnc(-c2ccccc2)c1CCn1cccn1. The van der Waals surface area contributed by atoms with Crippen LogP contribution in [0, 0.1) is 0 Å². The van der Waals surface area contributed by atoms with Gasteiger partial charge in [-0.05, 0) is 12.5 Å². The first-order valence-electron chi connectivity index (χ1n) is 7.56. The molecule has 5 heteroatoms. The molecular weight excluding hydrogens is 276 g/mol. The molecule has 0 fully saturated rings. The van der Waals surface area contributed by atoms with Crippen molar-refractivity contribution in [3.63, 3.8) is 0 Å². The number of benzene rings is 1. The summed E-state index contributed by atoms with van der Waals surface area (Å²) in [5.41, 5.74) is 3.33. The average molecular weight is 296 g/mol. The van der Waals surface area contributed by atoms with Gasteiger partial charge in [0.25, 0.3) is 0 Å². The normalized spacial score (nSPS) is 11.0. The van der Waals surface area contributed by atoms with Crippen molar-refractivity contribution in [1.29, 1.82) is 0 Å². The Hall–Kier alpha value is -2.40. The summed E-state index contributed by atoms with van der Waals surface area (Å²) in [5.74, 6) is 0. The lowest BCUT2D eigenvalue weighted by atomic mass is 10.1. The van der Waals surface area contributed by atoms with Gasteiger partial charge in [-0.3, -0.25) is 4.68 Å². The number of hydrogen-bond donors (Lipinski definition) is 1. The maximum atomic E-state index is 9.07. The number of aliphatic hydroxyl groups is 1. The summed E-state index contributed by atoms with van der Waals surface area (Å²) in [6.45, 7) is 1.79. The minimum Gasteiger partial charge on any atom is -0.396 e. The topological polar surface area (TPSA) is 55.9 Å². The number of hydrogen-bond acceptors (Lipinski definition) is 3. The van der Waals surface area contributed by atoms with Gasteiger partial charge in [-0.2, -0.15) is 5.10 Å². The van der Waals surface area contributed by atoms with E-state index < -0.39 is 0 Å². The quantitative estimate of drug-likeness (QED) is 0.728. The lowest BCUT2D eigenvalue weighted by Gasteiger charge is -2.10. The summed E-state index contributed by atoms with van der Waals surface area (Å²) in [5, 5.41) is 13.3. The van der Waals surface area contributed by atoms with E-state index in [4.69, 9.17) is 5.11 Å². The van der Waals surface area contributed by atoms with E-state index in [1.807, 2.05) is 41.5 Å². The number of aliphatic hydroxyl groups excluding tert-OH is 1. The highest BCUT2D eigenvalue weighted by atomic mass is 16.3. The van der Waals surface area contributed by atoms with Crippen LogP contribution in [0.5, 0.6) is 0 Å². The van der Waals surface area contributed by atoms with Crippen molar-refractivity contribution in [1.82, 2.24) is 19.3 Å². The monoisotopic (exact) mass is 296 g/mol. The molecule has 3 rings (SSSR count). The predicted octanol–water partition coefficient (Wildman–Crippen LogP) is 2.37. The number of nitrogens with zero attached hydrogens (tertiary/aromatic N) is 4. The molecule has 3 aromatic rings. The van der Waals surface area contributed by atoms with Crippen molar-refractivity contribution >= 4 is 0 Å². The standard InChI is InChI=1S/C17H20N4O/c22-13-5-10-20-14-18-17(15-6-2-1-3-7-15)16(20)8-12-21-11-4-9-19-21/h1-4,6-7,9,11,14,22H,5,8,10,12-13H2.